The van der Waals surface area contributed by atoms with Crippen molar-refractivity contribution in [2.24, 2.45) is 17.6 Å². The lowest BCUT2D eigenvalue weighted by Crippen LogP contribution is -2.63. The van der Waals surface area contributed by atoms with Gasteiger partial charge in [-0.1, -0.05) is 6.07 Å². The second kappa shape index (κ2) is 8.93. The highest BCUT2D eigenvalue weighted by Gasteiger charge is 2.63. The first kappa shape index (κ1) is 25.9. The van der Waals surface area contributed by atoms with Crippen LogP contribution in [-0.4, -0.2) is 106 Å². The van der Waals surface area contributed by atoms with Gasteiger partial charge in [-0.3, -0.25) is 24.1 Å². The molecule has 0 unspecified atom stereocenters. The first-order valence-electron chi connectivity index (χ1n) is 12.3. The van der Waals surface area contributed by atoms with Crippen LogP contribution in [0.5, 0.6) is 5.75 Å². The number of carbonyl (C=O) groups is 4. The molecule has 3 aliphatic carbocycles. The number of Topliss-reactive ketones (excluding diaryl/α,β-unsaturated/α-hetero) is 2. The lowest BCUT2D eigenvalue weighted by molar-refractivity contribution is -0.148. The standard InChI is InChI=1S/C26H29N3O9/c1-28(2)18-14-10-12-9-11-3-4-13(25(36)29-5-7-38-8-6-29)19(30)15(11)20(31)16(12)22(33)26(14,37)23(34)17(21(18)32)24(27)35/h3-4,12,14,18,30,32-33,37H,5-10H2,1-2H3,(H2,27,35)/t12-,14-,18-,26-/m0/s1. The van der Waals surface area contributed by atoms with Crippen LogP contribution in [0.1, 0.15) is 32.7 Å². The number of morpholine rings is 1. The molecule has 1 aromatic rings. The van der Waals surface area contributed by atoms with Crippen LogP contribution in [0.15, 0.2) is 34.8 Å². The van der Waals surface area contributed by atoms with Crippen LogP contribution in [0.25, 0.3) is 0 Å². The van der Waals surface area contributed by atoms with E-state index in [0.717, 1.165) is 0 Å². The van der Waals surface area contributed by atoms with Gasteiger partial charge in [0.15, 0.2) is 11.4 Å². The molecule has 1 heterocycles. The highest BCUT2D eigenvalue weighted by atomic mass is 16.5. The van der Waals surface area contributed by atoms with Crippen LogP contribution in [-0.2, 0) is 20.7 Å². The number of benzene rings is 1. The van der Waals surface area contributed by atoms with E-state index in [1.807, 2.05) is 0 Å². The van der Waals surface area contributed by atoms with Gasteiger partial charge in [0, 0.05) is 24.6 Å². The molecule has 0 saturated carbocycles. The van der Waals surface area contributed by atoms with Crippen molar-refractivity contribution in [2.75, 3.05) is 40.4 Å². The number of aromatic hydroxyl groups is 1. The van der Waals surface area contributed by atoms with Crippen molar-refractivity contribution >= 4 is 23.4 Å². The Balaban J connectivity index is 1.63. The van der Waals surface area contributed by atoms with Gasteiger partial charge in [0.2, 0.25) is 5.78 Å². The van der Waals surface area contributed by atoms with Crippen molar-refractivity contribution in [1.82, 2.24) is 9.80 Å². The average molecular weight is 528 g/mol. The Morgan fingerprint density at radius 1 is 1.13 bits per heavy atom. The molecule has 4 aliphatic rings. The van der Waals surface area contributed by atoms with E-state index in [2.05, 4.69) is 0 Å². The van der Waals surface area contributed by atoms with Gasteiger partial charge in [0.25, 0.3) is 11.8 Å². The third kappa shape index (κ3) is 3.47. The Morgan fingerprint density at radius 3 is 2.39 bits per heavy atom. The molecular weight excluding hydrogens is 498 g/mol. The van der Waals surface area contributed by atoms with Gasteiger partial charge >= 0.3 is 0 Å². The number of fused-ring (bicyclic) bond motifs is 3. The number of ketones is 2. The largest absolute Gasteiger partial charge is 0.510 e. The van der Waals surface area contributed by atoms with Crippen molar-refractivity contribution in [3.05, 3.63) is 51.5 Å². The number of nitrogens with zero attached hydrogens (tertiary/aromatic N) is 2. The minimum Gasteiger partial charge on any atom is -0.510 e. The number of phenols is 1. The second-order valence-electron chi connectivity index (χ2n) is 10.4. The third-order valence-corrected chi connectivity index (χ3v) is 8.12. The fraction of sp³-hybridized carbons (Fsp3) is 0.462. The summed E-state index contributed by atoms with van der Waals surface area (Å²) in [7, 11) is 3.14. The Labute approximate surface area is 217 Å². The number of carbonyl (C=O) groups excluding carboxylic acids is 4. The second-order valence-corrected chi connectivity index (χ2v) is 10.4. The van der Waals surface area contributed by atoms with Crippen LogP contribution in [0.2, 0.25) is 0 Å². The Morgan fingerprint density at radius 2 is 1.79 bits per heavy atom. The molecule has 2 amide bonds. The van der Waals surface area contributed by atoms with Crippen LogP contribution in [0, 0.1) is 11.8 Å². The first-order valence-corrected chi connectivity index (χ1v) is 12.3. The fourth-order valence-electron chi connectivity index (χ4n) is 6.33. The number of hydrogen-bond donors (Lipinski definition) is 5. The Kier molecular flexibility index (Phi) is 6.08. The summed E-state index contributed by atoms with van der Waals surface area (Å²) < 4.78 is 5.26. The van der Waals surface area contributed by atoms with Crippen LogP contribution < -0.4 is 5.73 Å². The van der Waals surface area contributed by atoms with E-state index in [0.29, 0.717) is 31.9 Å². The van der Waals surface area contributed by atoms with Gasteiger partial charge in [0.1, 0.15) is 22.8 Å². The molecule has 6 N–H and O–H groups in total. The van der Waals surface area contributed by atoms with Crippen molar-refractivity contribution in [1.29, 1.82) is 0 Å². The highest BCUT2D eigenvalue weighted by molar-refractivity contribution is 6.25. The molecule has 4 atom stereocenters. The number of amides is 2. The number of aliphatic hydroxyl groups excluding tert-OH is 2. The SMILES string of the molecule is CN(C)[C@@H]1C(O)=C(C(N)=O)C(=O)[C@@]2(O)C(O)=C3C(=O)c4c(ccc(C(=O)N5CCOCC5)c4O)C[C@H]3C[C@@H]12. The molecule has 1 aromatic carbocycles. The van der Waals surface area contributed by atoms with Crippen molar-refractivity contribution in [2.45, 2.75) is 24.5 Å². The zero-order valence-corrected chi connectivity index (χ0v) is 20.9. The maximum Gasteiger partial charge on any atom is 0.257 e. The van der Waals surface area contributed by atoms with E-state index in [-0.39, 0.29) is 29.5 Å². The quantitative estimate of drug-likeness (QED) is 0.323. The molecule has 0 aromatic heterocycles. The van der Waals surface area contributed by atoms with Gasteiger partial charge in [-0.15, -0.1) is 0 Å². The minimum absolute atomic E-state index is 0.000976. The molecule has 0 bridgehead atoms. The number of allylic oxidation sites excluding steroid dienone is 1. The molecule has 202 valence electrons. The van der Waals surface area contributed by atoms with Gasteiger partial charge in [-0.25, -0.2) is 0 Å². The van der Waals surface area contributed by atoms with E-state index in [9.17, 15) is 39.6 Å². The molecule has 1 fully saturated rings. The average Bonchev–Trinajstić information content (AvgIpc) is 2.86. The highest BCUT2D eigenvalue weighted by Crippen LogP contribution is 2.52. The summed E-state index contributed by atoms with van der Waals surface area (Å²) >= 11 is 0. The predicted molar refractivity (Wildman–Crippen MR) is 130 cm³/mol. The normalized spacial score (nSPS) is 29.3. The van der Waals surface area contributed by atoms with Crippen molar-refractivity contribution in [3.8, 4) is 5.75 Å². The zero-order chi connectivity index (χ0) is 27.7. The molecule has 1 aliphatic heterocycles. The molecular formula is C26H29N3O9. The topological polar surface area (TPSA) is 191 Å². The maximum atomic E-state index is 13.7. The molecule has 38 heavy (non-hydrogen) atoms. The van der Waals surface area contributed by atoms with E-state index in [4.69, 9.17) is 10.5 Å². The van der Waals surface area contributed by atoms with Crippen molar-refractivity contribution in [3.63, 3.8) is 0 Å². The number of ether oxygens (including phenoxy) is 1. The lowest BCUT2D eigenvalue weighted by atomic mass is 9.58. The molecule has 0 spiro atoms. The Bertz CT molecular complexity index is 1340. The number of rotatable bonds is 3. The first-order chi connectivity index (χ1) is 17.9. The molecule has 12 nitrogen and oxygen atoms in total. The molecule has 12 heteroatoms. The summed E-state index contributed by atoms with van der Waals surface area (Å²) in [6.45, 7) is 1.34. The maximum absolute atomic E-state index is 13.7. The smallest absolute Gasteiger partial charge is 0.257 e. The number of hydrogen-bond acceptors (Lipinski definition) is 10. The predicted octanol–water partition coefficient (Wildman–Crippen LogP) is -0.407. The number of phenolic OH excluding ortho intramolecular Hbond substituents is 1. The third-order valence-electron chi connectivity index (χ3n) is 8.12. The van der Waals surface area contributed by atoms with Crippen molar-refractivity contribution < 1.29 is 44.3 Å². The van der Waals surface area contributed by atoms with Gasteiger partial charge in [-0.05, 0) is 44.5 Å². The Hall–Kier alpha value is -3.74. The number of likely N-dealkylation sites (N-methyl/N-ethyl adjacent to an activating group) is 1. The van der Waals surface area contributed by atoms with Crippen LogP contribution in [0.3, 0.4) is 0 Å². The van der Waals surface area contributed by atoms with Crippen LogP contribution in [0.4, 0.5) is 0 Å². The van der Waals surface area contributed by atoms with Gasteiger partial charge in [-0.2, -0.15) is 0 Å². The zero-order valence-electron chi connectivity index (χ0n) is 20.9. The monoisotopic (exact) mass is 527 g/mol. The van der Waals surface area contributed by atoms with E-state index < -0.39 is 69.7 Å². The van der Waals surface area contributed by atoms with E-state index >= 15 is 0 Å². The number of primary amides is 1. The summed E-state index contributed by atoms with van der Waals surface area (Å²) in [6.07, 6.45) is 0.162. The summed E-state index contributed by atoms with van der Waals surface area (Å²) in [5.41, 5.74) is 1.67. The van der Waals surface area contributed by atoms with Crippen LogP contribution >= 0.6 is 0 Å². The summed E-state index contributed by atoms with van der Waals surface area (Å²) in [4.78, 5) is 55.2. The molecule has 0 radical (unpaired) electrons. The van der Waals surface area contributed by atoms with Gasteiger partial charge < -0.3 is 35.8 Å². The molecule has 5 rings (SSSR count). The number of nitrogens with two attached hydrogens (primary N) is 1. The number of aliphatic hydroxyl groups is 3. The summed E-state index contributed by atoms with van der Waals surface area (Å²) in [5.74, 6) is -7.76. The summed E-state index contributed by atoms with van der Waals surface area (Å²) in [5, 5.41) is 44.8. The van der Waals surface area contributed by atoms with E-state index in [1.165, 1.54) is 15.9 Å². The van der Waals surface area contributed by atoms with Gasteiger partial charge in [0.05, 0.1) is 30.4 Å². The lowest BCUT2D eigenvalue weighted by Gasteiger charge is -2.50. The fourth-order valence-corrected chi connectivity index (χ4v) is 6.33. The molecule has 1 saturated heterocycles. The van der Waals surface area contributed by atoms with E-state index in [1.54, 1.807) is 20.2 Å². The summed E-state index contributed by atoms with van der Waals surface area (Å²) in [6, 6.07) is 1.98. The minimum atomic E-state index is -2.71.